The van der Waals surface area contributed by atoms with Crippen LogP contribution < -0.4 is 29.0 Å². The molecule has 7 heteroatoms. The zero-order valence-electron chi connectivity index (χ0n) is 18.3. The van der Waals surface area contributed by atoms with E-state index in [4.69, 9.17) is 23.7 Å². The fraction of sp³-hybridized carbons (Fsp3) is 0.458. The monoisotopic (exact) mass is 427 g/mol. The van der Waals surface area contributed by atoms with Crippen LogP contribution in [-0.2, 0) is 11.2 Å². The molecule has 0 bridgehead atoms. The molecule has 0 radical (unpaired) electrons. The second kappa shape index (κ2) is 8.96. The first-order chi connectivity index (χ1) is 15.1. The SMILES string of the molecule is COc1cc(CCC(=O)Nc2ccc3c(c2)OC2(CCCCC2)O3)cc(OC)c1OC. The van der Waals surface area contributed by atoms with E-state index in [-0.39, 0.29) is 5.91 Å². The van der Waals surface area contributed by atoms with Crippen LogP contribution in [0.2, 0.25) is 0 Å². The van der Waals surface area contributed by atoms with Gasteiger partial charge in [0.15, 0.2) is 23.0 Å². The van der Waals surface area contributed by atoms with Gasteiger partial charge in [-0.1, -0.05) is 6.42 Å². The fourth-order valence-electron chi connectivity index (χ4n) is 4.23. The molecule has 31 heavy (non-hydrogen) atoms. The molecule has 0 unspecified atom stereocenters. The van der Waals surface area contributed by atoms with E-state index in [1.54, 1.807) is 21.3 Å². The highest BCUT2D eigenvalue weighted by Gasteiger charge is 2.42. The van der Waals surface area contributed by atoms with Crippen molar-refractivity contribution < 1.29 is 28.5 Å². The topological polar surface area (TPSA) is 75.3 Å². The van der Waals surface area contributed by atoms with Crippen LogP contribution in [0.4, 0.5) is 5.69 Å². The van der Waals surface area contributed by atoms with Gasteiger partial charge in [0, 0.05) is 31.0 Å². The number of aryl methyl sites for hydroxylation is 1. The Morgan fingerprint density at radius 2 is 1.61 bits per heavy atom. The molecule has 1 spiro atoms. The molecular weight excluding hydrogens is 398 g/mol. The highest BCUT2D eigenvalue weighted by molar-refractivity contribution is 5.91. The van der Waals surface area contributed by atoms with Gasteiger partial charge >= 0.3 is 0 Å². The summed E-state index contributed by atoms with van der Waals surface area (Å²) in [6.45, 7) is 0. The van der Waals surface area contributed by atoms with Gasteiger partial charge in [-0.15, -0.1) is 0 Å². The zero-order chi connectivity index (χ0) is 21.8. The molecule has 1 N–H and O–H groups in total. The van der Waals surface area contributed by atoms with Crippen molar-refractivity contribution in [3.63, 3.8) is 0 Å². The van der Waals surface area contributed by atoms with E-state index in [9.17, 15) is 4.79 Å². The minimum Gasteiger partial charge on any atom is -0.493 e. The second-order valence-corrected chi connectivity index (χ2v) is 7.92. The maximum absolute atomic E-state index is 12.5. The molecule has 0 aromatic heterocycles. The molecule has 0 saturated heterocycles. The van der Waals surface area contributed by atoms with Gasteiger partial charge in [0.1, 0.15) is 0 Å². The van der Waals surface area contributed by atoms with Crippen LogP contribution in [0.25, 0.3) is 0 Å². The predicted molar refractivity (Wildman–Crippen MR) is 117 cm³/mol. The van der Waals surface area contributed by atoms with Gasteiger partial charge in [0.2, 0.25) is 11.7 Å². The summed E-state index contributed by atoms with van der Waals surface area (Å²) in [5, 5.41) is 2.95. The van der Waals surface area contributed by atoms with E-state index in [2.05, 4.69) is 5.32 Å². The van der Waals surface area contributed by atoms with Gasteiger partial charge in [-0.05, 0) is 49.1 Å². The van der Waals surface area contributed by atoms with Gasteiger partial charge < -0.3 is 29.0 Å². The number of fused-ring (bicyclic) bond motifs is 1. The normalized spacial score (nSPS) is 16.1. The average molecular weight is 427 g/mol. The van der Waals surface area contributed by atoms with Crippen LogP contribution in [0.15, 0.2) is 30.3 Å². The summed E-state index contributed by atoms with van der Waals surface area (Å²) < 4.78 is 28.3. The number of ether oxygens (including phenoxy) is 5. The van der Waals surface area contributed by atoms with E-state index in [1.165, 1.54) is 6.42 Å². The van der Waals surface area contributed by atoms with Crippen molar-refractivity contribution in [3.8, 4) is 28.7 Å². The van der Waals surface area contributed by atoms with E-state index in [1.807, 2.05) is 30.3 Å². The third kappa shape index (κ3) is 4.50. The Kier molecular flexibility index (Phi) is 6.11. The van der Waals surface area contributed by atoms with Crippen molar-refractivity contribution in [1.82, 2.24) is 0 Å². The van der Waals surface area contributed by atoms with E-state index in [0.29, 0.717) is 41.5 Å². The Hall–Kier alpha value is -3.09. The molecule has 4 rings (SSSR count). The van der Waals surface area contributed by atoms with Gasteiger partial charge in [-0.25, -0.2) is 0 Å². The third-order valence-electron chi connectivity index (χ3n) is 5.80. The van der Waals surface area contributed by atoms with Crippen LogP contribution in [-0.4, -0.2) is 33.0 Å². The number of benzene rings is 2. The molecule has 2 aromatic rings. The maximum Gasteiger partial charge on any atom is 0.251 e. The number of methoxy groups -OCH3 is 3. The Labute approximate surface area is 182 Å². The molecule has 1 aliphatic heterocycles. The third-order valence-corrected chi connectivity index (χ3v) is 5.80. The summed E-state index contributed by atoms with van der Waals surface area (Å²) in [6.07, 6.45) is 6.10. The standard InChI is InChI=1S/C24H29NO6/c1-27-20-13-16(14-21(28-2)23(20)29-3)7-10-22(26)25-17-8-9-18-19(15-17)31-24(30-18)11-5-4-6-12-24/h8-9,13-15H,4-7,10-12H2,1-3H3,(H,25,26). The molecule has 7 nitrogen and oxygen atoms in total. The first-order valence-corrected chi connectivity index (χ1v) is 10.7. The lowest BCUT2D eigenvalue weighted by Gasteiger charge is -2.31. The lowest BCUT2D eigenvalue weighted by molar-refractivity contribution is -0.116. The first kappa shape index (κ1) is 21.2. The van der Waals surface area contributed by atoms with Gasteiger partial charge in [0.25, 0.3) is 5.79 Å². The van der Waals surface area contributed by atoms with E-state index >= 15 is 0 Å². The Balaban J connectivity index is 1.38. The van der Waals surface area contributed by atoms with E-state index in [0.717, 1.165) is 37.0 Å². The summed E-state index contributed by atoms with van der Waals surface area (Å²) in [5.74, 6) is 2.53. The summed E-state index contributed by atoms with van der Waals surface area (Å²) >= 11 is 0. The van der Waals surface area contributed by atoms with Crippen LogP contribution in [0, 0.1) is 0 Å². The summed E-state index contributed by atoms with van der Waals surface area (Å²) in [4.78, 5) is 12.5. The molecule has 0 atom stereocenters. The summed E-state index contributed by atoms with van der Waals surface area (Å²) in [5.41, 5.74) is 1.62. The Bertz CT molecular complexity index is 926. The molecule has 2 aromatic carbocycles. The zero-order valence-corrected chi connectivity index (χ0v) is 18.3. The highest BCUT2D eigenvalue weighted by atomic mass is 16.7. The van der Waals surface area contributed by atoms with Crippen LogP contribution in [0.3, 0.4) is 0 Å². The predicted octanol–water partition coefficient (Wildman–Crippen LogP) is 4.72. The van der Waals surface area contributed by atoms with Crippen molar-refractivity contribution in [1.29, 1.82) is 0 Å². The molecule has 1 saturated carbocycles. The van der Waals surface area contributed by atoms with Crippen LogP contribution in [0.5, 0.6) is 28.7 Å². The van der Waals surface area contributed by atoms with Crippen molar-refractivity contribution in [2.24, 2.45) is 0 Å². The molecule has 1 fully saturated rings. The smallest absolute Gasteiger partial charge is 0.251 e. The van der Waals surface area contributed by atoms with Crippen molar-refractivity contribution in [2.75, 3.05) is 26.6 Å². The van der Waals surface area contributed by atoms with Gasteiger partial charge in [-0.3, -0.25) is 4.79 Å². The quantitative estimate of drug-likeness (QED) is 0.689. The largest absolute Gasteiger partial charge is 0.493 e. The number of nitrogens with one attached hydrogen (secondary N) is 1. The summed E-state index contributed by atoms with van der Waals surface area (Å²) in [7, 11) is 4.71. The highest BCUT2D eigenvalue weighted by Crippen LogP contribution is 2.46. The number of amides is 1. The lowest BCUT2D eigenvalue weighted by atomic mass is 9.94. The molecule has 2 aliphatic rings. The van der Waals surface area contributed by atoms with Crippen molar-refractivity contribution in [3.05, 3.63) is 35.9 Å². The van der Waals surface area contributed by atoms with Crippen LogP contribution in [0.1, 0.15) is 44.1 Å². The second-order valence-electron chi connectivity index (χ2n) is 7.92. The average Bonchev–Trinajstić information content (AvgIpc) is 3.13. The molecular formula is C24H29NO6. The van der Waals surface area contributed by atoms with E-state index < -0.39 is 5.79 Å². The first-order valence-electron chi connectivity index (χ1n) is 10.7. The number of rotatable bonds is 7. The minimum atomic E-state index is -0.518. The molecule has 1 aliphatic carbocycles. The summed E-state index contributed by atoms with van der Waals surface area (Å²) in [6, 6.07) is 9.28. The number of carbonyl (C=O) groups excluding carboxylic acids is 1. The number of hydrogen-bond donors (Lipinski definition) is 1. The van der Waals surface area contributed by atoms with Crippen molar-refractivity contribution >= 4 is 11.6 Å². The van der Waals surface area contributed by atoms with Crippen LogP contribution >= 0.6 is 0 Å². The Morgan fingerprint density at radius 1 is 0.935 bits per heavy atom. The Morgan fingerprint density at radius 3 is 2.26 bits per heavy atom. The molecule has 166 valence electrons. The maximum atomic E-state index is 12.5. The number of anilines is 1. The number of hydrogen-bond acceptors (Lipinski definition) is 6. The van der Waals surface area contributed by atoms with Crippen molar-refractivity contribution in [2.45, 2.75) is 50.7 Å². The molecule has 1 amide bonds. The minimum absolute atomic E-state index is 0.0833. The molecule has 1 heterocycles. The van der Waals surface area contributed by atoms with Gasteiger partial charge in [0.05, 0.1) is 21.3 Å². The fourth-order valence-corrected chi connectivity index (χ4v) is 4.23. The number of carbonyl (C=O) groups is 1. The van der Waals surface area contributed by atoms with Gasteiger partial charge in [-0.2, -0.15) is 0 Å². The lowest BCUT2D eigenvalue weighted by Crippen LogP contribution is -2.40.